The fourth-order valence-corrected chi connectivity index (χ4v) is 3.75. The second-order valence-electron chi connectivity index (χ2n) is 6.85. The lowest BCUT2D eigenvalue weighted by atomic mass is 10.1. The highest BCUT2D eigenvalue weighted by Gasteiger charge is 2.27. The number of anilines is 3. The molecular weight excluding hydrogens is 358 g/mol. The van der Waals surface area contributed by atoms with Gasteiger partial charge in [0.2, 0.25) is 0 Å². The molecule has 1 N–H and O–H groups in total. The smallest absolute Gasteiger partial charge is 0.257 e. The van der Waals surface area contributed by atoms with Crippen molar-refractivity contribution in [3.05, 3.63) is 82.6 Å². The van der Waals surface area contributed by atoms with Crippen LogP contribution in [0.2, 0.25) is 5.02 Å². The molecule has 5 heteroatoms. The molecule has 2 heterocycles. The van der Waals surface area contributed by atoms with Gasteiger partial charge in [0, 0.05) is 28.6 Å². The molecule has 0 fully saturated rings. The van der Waals surface area contributed by atoms with Crippen LogP contribution in [0.3, 0.4) is 0 Å². The summed E-state index contributed by atoms with van der Waals surface area (Å²) in [4.78, 5) is 19.3. The van der Waals surface area contributed by atoms with Crippen LogP contribution in [0.15, 0.2) is 60.9 Å². The molecule has 3 aromatic rings. The van der Waals surface area contributed by atoms with Crippen LogP contribution in [0, 0.1) is 6.92 Å². The van der Waals surface area contributed by atoms with Crippen molar-refractivity contribution in [1.82, 2.24) is 4.98 Å². The Labute approximate surface area is 163 Å². The summed E-state index contributed by atoms with van der Waals surface area (Å²) in [5, 5.41) is 3.56. The van der Waals surface area contributed by atoms with E-state index in [4.69, 9.17) is 11.6 Å². The Morgan fingerprint density at radius 2 is 2.00 bits per heavy atom. The van der Waals surface area contributed by atoms with E-state index in [2.05, 4.69) is 40.3 Å². The lowest BCUT2D eigenvalue weighted by Crippen LogP contribution is -2.24. The zero-order chi connectivity index (χ0) is 19.0. The number of aromatic nitrogens is 1. The van der Waals surface area contributed by atoms with Crippen molar-refractivity contribution in [2.45, 2.75) is 26.3 Å². The number of nitrogens with one attached hydrogen (secondary N) is 1. The third-order valence-electron chi connectivity index (χ3n) is 4.99. The number of hydrogen-bond donors (Lipinski definition) is 1. The molecule has 1 aliphatic heterocycles. The predicted octanol–water partition coefficient (Wildman–Crippen LogP) is 5.38. The number of nitrogens with zero attached hydrogens (tertiary/aromatic N) is 2. The van der Waals surface area contributed by atoms with E-state index in [0.717, 1.165) is 17.7 Å². The van der Waals surface area contributed by atoms with Crippen LogP contribution in [0.4, 0.5) is 17.1 Å². The summed E-state index contributed by atoms with van der Waals surface area (Å²) in [6.07, 6.45) is 4.37. The minimum atomic E-state index is -0.199. The van der Waals surface area contributed by atoms with Gasteiger partial charge in [-0.05, 0) is 55.7 Å². The van der Waals surface area contributed by atoms with Crippen molar-refractivity contribution in [2.24, 2.45) is 0 Å². The standard InChI is InChI=1S/C22H20ClN3O/c1-14-10-16-6-3-4-9-21(16)26(14)18-11-17(12-24-13-18)22(27)25-20-8-5-7-19(23)15(20)2/h3-9,11-14H,10H2,1-2H3,(H,25,27). The zero-order valence-corrected chi connectivity index (χ0v) is 16.0. The Morgan fingerprint density at radius 1 is 1.19 bits per heavy atom. The number of carbonyl (C=O) groups excluding carboxylic acids is 1. The Morgan fingerprint density at radius 3 is 2.85 bits per heavy atom. The number of para-hydroxylation sites is 1. The number of hydrogen-bond acceptors (Lipinski definition) is 3. The first-order valence-electron chi connectivity index (χ1n) is 8.93. The van der Waals surface area contributed by atoms with Crippen LogP contribution in [0.1, 0.15) is 28.4 Å². The average Bonchev–Trinajstić information content (AvgIpc) is 3.01. The molecule has 0 saturated carbocycles. The van der Waals surface area contributed by atoms with E-state index in [1.807, 2.05) is 31.2 Å². The average molecular weight is 378 g/mol. The van der Waals surface area contributed by atoms with Gasteiger partial charge in [-0.25, -0.2) is 0 Å². The quantitative estimate of drug-likeness (QED) is 0.666. The van der Waals surface area contributed by atoms with Crippen LogP contribution in [0.5, 0.6) is 0 Å². The molecule has 2 aromatic carbocycles. The molecule has 0 saturated heterocycles. The van der Waals surface area contributed by atoms with Crippen LogP contribution in [-0.2, 0) is 6.42 Å². The van der Waals surface area contributed by atoms with Gasteiger partial charge in [0.1, 0.15) is 0 Å². The topological polar surface area (TPSA) is 45.2 Å². The van der Waals surface area contributed by atoms with Crippen molar-refractivity contribution >= 4 is 34.6 Å². The first kappa shape index (κ1) is 17.6. The van der Waals surface area contributed by atoms with E-state index < -0.39 is 0 Å². The van der Waals surface area contributed by atoms with Gasteiger partial charge >= 0.3 is 0 Å². The molecule has 0 radical (unpaired) electrons. The van der Waals surface area contributed by atoms with E-state index in [1.54, 1.807) is 18.5 Å². The van der Waals surface area contributed by atoms with E-state index in [-0.39, 0.29) is 5.91 Å². The fourth-order valence-electron chi connectivity index (χ4n) is 3.58. The highest BCUT2D eigenvalue weighted by molar-refractivity contribution is 6.31. The molecule has 0 bridgehead atoms. The Balaban J connectivity index is 1.63. The first-order chi connectivity index (χ1) is 13.0. The molecule has 4 rings (SSSR count). The molecule has 4 nitrogen and oxygen atoms in total. The molecular formula is C22H20ClN3O. The SMILES string of the molecule is Cc1c(Cl)cccc1NC(=O)c1cncc(N2c3ccccc3CC2C)c1. The zero-order valence-electron chi connectivity index (χ0n) is 15.2. The van der Waals surface area contributed by atoms with E-state index in [0.29, 0.717) is 22.3 Å². The summed E-state index contributed by atoms with van der Waals surface area (Å²) in [6, 6.07) is 16.0. The predicted molar refractivity (Wildman–Crippen MR) is 110 cm³/mol. The maximum Gasteiger partial charge on any atom is 0.257 e. The third-order valence-corrected chi connectivity index (χ3v) is 5.40. The molecule has 136 valence electrons. The van der Waals surface area contributed by atoms with Gasteiger partial charge in [0.05, 0.1) is 17.4 Å². The van der Waals surface area contributed by atoms with Gasteiger partial charge in [0.15, 0.2) is 0 Å². The first-order valence-corrected chi connectivity index (χ1v) is 9.31. The lowest BCUT2D eigenvalue weighted by molar-refractivity contribution is 0.102. The van der Waals surface area contributed by atoms with Gasteiger partial charge in [-0.3, -0.25) is 9.78 Å². The number of carbonyl (C=O) groups is 1. The van der Waals surface area contributed by atoms with Crippen LogP contribution < -0.4 is 10.2 Å². The summed E-state index contributed by atoms with van der Waals surface area (Å²) >= 11 is 6.15. The maximum absolute atomic E-state index is 12.8. The molecule has 1 atom stereocenters. The normalized spacial score (nSPS) is 15.5. The van der Waals surface area contributed by atoms with Crippen molar-refractivity contribution in [1.29, 1.82) is 0 Å². The van der Waals surface area contributed by atoms with Gasteiger partial charge in [-0.2, -0.15) is 0 Å². The molecule has 1 amide bonds. The second kappa shape index (κ2) is 7.05. The monoisotopic (exact) mass is 377 g/mol. The summed E-state index contributed by atoms with van der Waals surface area (Å²) < 4.78 is 0. The summed E-state index contributed by atoms with van der Waals surface area (Å²) in [7, 11) is 0. The number of amides is 1. The van der Waals surface area contributed by atoms with E-state index in [1.165, 1.54) is 11.3 Å². The second-order valence-corrected chi connectivity index (χ2v) is 7.26. The number of benzene rings is 2. The molecule has 1 unspecified atom stereocenters. The number of rotatable bonds is 3. The minimum absolute atomic E-state index is 0.199. The van der Waals surface area contributed by atoms with Crippen LogP contribution in [-0.4, -0.2) is 16.9 Å². The molecule has 1 aromatic heterocycles. The van der Waals surface area contributed by atoms with Crippen molar-refractivity contribution in [3.8, 4) is 0 Å². The van der Waals surface area contributed by atoms with Gasteiger partial charge < -0.3 is 10.2 Å². The summed E-state index contributed by atoms with van der Waals surface area (Å²) in [6.45, 7) is 4.07. The minimum Gasteiger partial charge on any atom is -0.337 e. The Hall–Kier alpha value is -2.85. The Kier molecular flexibility index (Phi) is 4.58. The molecule has 0 aliphatic carbocycles. The third kappa shape index (κ3) is 3.28. The number of pyridine rings is 1. The fraction of sp³-hybridized carbons (Fsp3) is 0.182. The van der Waals surface area contributed by atoms with Gasteiger partial charge in [-0.15, -0.1) is 0 Å². The van der Waals surface area contributed by atoms with Crippen molar-refractivity contribution in [2.75, 3.05) is 10.2 Å². The molecule has 27 heavy (non-hydrogen) atoms. The van der Waals surface area contributed by atoms with Gasteiger partial charge in [-0.1, -0.05) is 35.9 Å². The molecule has 0 spiro atoms. The lowest BCUT2D eigenvalue weighted by Gasteiger charge is -2.25. The van der Waals surface area contributed by atoms with E-state index in [9.17, 15) is 4.79 Å². The molecule has 1 aliphatic rings. The van der Waals surface area contributed by atoms with E-state index >= 15 is 0 Å². The summed E-state index contributed by atoms with van der Waals surface area (Å²) in [5.74, 6) is -0.199. The number of fused-ring (bicyclic) bond motifs is 1. The largest absolute Gasteiger partial charge is 0.337 e. The van der Waals surface area contributed by atoms with Crippen molar-refractivity contribution in [3.63, 3.8) is 0 Å². The van der Waals surface area contributed by atoms with Crippen molar-refractivity contribution < 1.29 is 4.79 Å². The highest BCUT2D eigenvalue weighted by atomic mass is 35.5. The van der Waals surface area contributed by atoms with Crippen LogP contribution in [0.25, 0.3) is 0 Å². The maximum atomic E-state index is 12.8. The number of halogens is 1. The highest BCUT2D eigenvalue weighted by Crippen LogP contribution is 2.38. The summed E-state index contributed by atoms with van der Waals surface area (Å²) in [5.41, 5.74) is 5.48. The Bertz CT molecular complexity index is 1020. The van der Waals surface area contributed by atoms with Crippen LogP contribution >= 0.6 is 11.6 Å². The van der Waals surface area contributed by atoms with Gasteiger partial charge in [0.25, 0.3) is 5.91 Å².